The van der Waals surface area contributed by atoms with Crippen LogP contribution in [-0.2, 0) is 44.8 Å². The molecule has 0 atom stereocenters. The average molecular weight is 528 g/mol. The number of hydrogen-bond acceptors (Lipinski definition) is 0. The first-order valence-corrected chi connectivity index (χ1v) is 5.94. The monoisotopic (exact) mass is 528 g/mol. The van der Waals surface area contributed by atoms with Crippen molar-refractivity contribution in [2.45, 2.75) is 0 Å². The van der Waals surface area contributed by atoms with Crippen LogP contribution in [0.25, 0.3) is 0 Å². The fourth-order valence-electron chi connectivity index (χ4n) is 0.841. The van der Waals surface area contributed by atoms with Crippen LogP contribution in [0.1, 0.15) is 0 Å². The molecule has 92 valence electrons. The molecule has 0 bridgehead atoms. The topological polar surface area (TPSA) is 0 Å². The van der Waals surface area contributed by atoms with Crippen LogP contribution in [0.2, 0.25) is 0 Å². The molecule has 0 aliphatic rings. The van der Waals surface area contributed by atoms with Gasteiger partial charge >= 0.3 is 146 Å². The zero-order chi connectivity index (χ0) is 10.2. The summed E-state index contributed by atoms with van der Waals surface area (Å²) in [5.74, 6) is 0. The van der Waals surface area contributed by atoms with E-state index in [9.17, 15) is 0 Å². The predicted molar refractivity (Wildman–Crippen MR) is 63.7 cm³/mol. The zero-order valence-corrected chi connectivity index (χ0v) is 14.6. The van der Waals surface area contributed by atoms with Gasteiger partial charge in [0.25, 0.3) is 0 Å². The molecule has 0 unspecified atom stereocenters. The van der Waals surface area contributed by atoms with Crippen LogP contribution in [-0.4, -0.2) is 32.0 Å². The summed E-state index contributed by atoms with van der Waals surface area (Å²) in [7, 11) is 0. The van der Waals surface area contributed by atoms with Crippen LogP contribution in [0.5, 0.6) is 0 Å². The number of rotatable bonds is 0. The van der Waals surface area contributed by atoms with E-state index in [1.54, 1.807) is 0 Å². The van der Waals surface area contributed by atoms with E-state index in [4.69, 9.17) is 0 Å². The summed E-state index contributed by atoms with van der Waals surface area (Å²) in [5.41, 5.74) is 0. The summed E-state index contributed by atoms with van der Waals surface area (Å²) >= 11 is 5.80. The Morgan fingerprint density at radius 1 is 0.500 bits per heavy atom. The van der Waals surface area contributed by atoms with Crippen molar-refractivity contribution in [1.82, 2.24) is 0 Å². The van der Waals surface area contributed by atoms with E-state index in [0.717, 1.165) is 0 Å². The van der Waals surface area contributed by atoms with Gasteiger partial charge in [0.2, 0.25) is 0 Å². The van der Waals surface area contributed by atoms with Crippen LogP contribution >= 0.6 is 0 Å². The van der Waals surface area contributed by atoms with Crippen molar-refractivity contribution >= 4 is 40.9 Å². The molecule has 0 aliphatic heterocycles. The van der Waals surface area contributed by atoms with Gasteiger partial charge in [0.1, 0.15) is 0 Å². The Hall–Kier alpha value is 0.959. The minimum atomic E-state index is 0. The normalized spacial score (nSPS) is 7.50. The van der Waals surface area contributed by atoms with Gasteiger partial charge < -0.3 is 0 Å². The molecule has 2 aromatic rings. The summed E-state index contributed by atoms with van der Waals surface area (Å²) in [4.78, 5) is 0. The Labute approximate surface area is 145 Å². The summed E-state index contributed by atoms with van der Waals surface area (Å²) < 4.78 is 2.39. The van der Waals surface area contributed by atoms with E-state index >= 15 is 0 Å². The Balaban J connectivity index is 0. The van der Waals surface area contributed by atoms with E-state index < -0.39 is 0 Å². The van der Waals surface area contributed by atoms with Gasteiger partial charge in [-0.3, -0.25) is 0 Å². The van der Waals surface area contributed by atoms with Crippen molar-refractivity contribution in [3.8, 4) is 0 Å². The number of benzene rings is 2. The van der Waals surface area contributed by atoms with Crippen molar-refractivity contribution in [3.05, 3.63) is 60.7 Å². The molecule has 4 heteroatoms. The van der Waals surface area contributed by atoms with Gasteiger partial charge in [-0.05, 0) is 0 Å². The van der Waals surface area contributed by atoms with Crippen molar-refractivity contribution in [2.24, 2.45) is 0 Å². The van der Waals surface area contributed by atoms with Gasteiger partial charge in [0, 0.05) is 0 Å². The molecule has 16 heavy (non-hydrogen) atoms. The van der Waals surface area contributed by atoms with Gasteiger partial charge in [-0.25, -0.2) is 0 Å². The molecule has 0 saturated carbocycles. The number of hydrogen-bond donors (Lipinski definition) is 0. The molecular weight excluding hydrogens is 518 g/mol. The van der Waals surface area contributed by atoms with E-state index in [-0.39, 0.29) is 44.8 Å². The molecular formula is C12H10Ag2Se2. The Bertz CT molecular complexity index is 314. The van der Waals surface area contributed by atoms with Gasteiger partial charge in [-0.2, -0.15) is 0 Å². The van der Waals surface area contributed by atoms with Crippen LogP contribution < -0.4 is 8.92 Å². The fraction of sp³-hybridized carbons (Fsp3) is 0. The molecule has 0 aromatic heterocycles. The Morgan fingerprint density at radius 3 is 0.875 bits per heavy atom. The Morgan fingerprint density at radius 2 is 0.750 bits per heavy atom. The molecule has 0 aliphatic carbocycles. The standard InChI is InChI=1S/2C6H6Se.2Ag/c2*7-6-4-2-1-3-5-6;;/h2*1-5,7H;;/q;;2*+1/p-2. The quantitative estimate of drug-likeness (QED) is 0.448. The van der Waals surface area contributed by atoms with Crippen LogP contribution in [0, 0.1) is 0 Å². The second-order valence-electron chi connectivity index (χ2n) is 2.63. The molecule has 0 saturated heterocycles. The molecule has 2 rings (SSSR count). The maximum atomic E-state index is 2.90. The predicted octanol–water partition coefficient (Wildman–Crippen LogP) is 0.956. The molecule has 2 aromatic carbocycles. The summed E-state index contributed by atoms with van der Waals surface area (Å²) in [6.07, 6.45) is 0. The maximum absolute atomic E-state index is 2.90. The summed E-state index contributed by atoms with van der Waals surface area (Å²) in [6, 6.07) is 20.1. The first-order chi connectivity index (χ1) is 6.79. The Kier molecular flexibility index (Phi) is 15.0. The average Bonchev–Trinajstić information content (AvgIpc) is 2.21. The van der Waals surface area contributed by atoms with Gasteiger partial charge in [0.05, 0.1) is 0 Å². The third kappa shape index (κ3) is 10.1. The zero-order valence-electron chi connectivity index (χ0n) is 8.19. The van der Waals surface area contributed by atoms with E-state index in [2.05, 4.69) is 32.0 Å². The molecule has 0 nitrogen and oxygen atoms in total. The van der Waals surface area contributed by atoms with Gasteiger partial charge in [-0.1, -0.05) is 0 Å². The first kappa shape index (κ1) is 19.3. The summed E-state index contributed by atoms with van der Waals surface area (Å²) in [6.45, 7) is 0. The second-order valence-corrected chi connectivity index (χ2v) is 4.60. The molecule has 0 amide bonds. The van der Waals surface area contributed by atoms with Crippen molar-refractivity contribution in [1.29, 1.82) is 0 Å². The molecule has 0 N–H and O–H groups in total. The minimum absolute atomic E-state index is 0. The first-order valence-electron chi connectivity index (χ1n) is 4.23. The fourth-order valence-corrected chi connectivity index (χ4v) is 1.50. The molecule has 0 radical (unpaired) electrons. The van der Waals surface area contributed by atoms with Crippen LogP contribution in [0.4, 0.5) is 0 Å². The third-order valence-corrected chi connectivity index (χ3v) is 2.63. The van der Waals surface area contributed by atoms with Gasteiger partial charge in [0.15, 0.2) is 0 Å². The van der Waals surface area contributed by atoms with Gasteiger partial charge in [-0.15, -0.1) is 0 Å². The SMILES string of the molecule is [Ag+].[Ag+].[Se-]c1ccccc1.[Se-]c1ccccc1. The second kappa shape index (κ2) is 12.4. The van der Waals surface area contributed by atoms with E-state index in [1.165, 1.54) is 8.92 Å². The molecule has 0 spiro atoms. The third-order valence-electron chi connectivity index (χ3n) is 1.49. The molecule has 0 heterocycles. The summed E-state index contributed by atoms with van der Waals surface area (Å²) in [5, 5.41) is 0. The van der Waals surface area contributed by atoms with E-state index in [0.29, 0.717) is 0 Å². The van der Waals surface area contributed by atoms with Crippen molar-refractivity contribution < 1.29 is 44.8 Å². The van der Waals surface area contributed by atoms with E-state index in [1.807, 2.05) is 60.7 Å². The van der Waals surface area contributed by atoms with Crippen LogP contribution in [0.3, 0.4) is 0 Å². The molecule has 0 fully saturated rings. The van der Waals surface area contributed by atoms with Crippen molar-refractivity contribution in [2.75, 3.05) is 0 Å². The van der Waals surface area contributed by atoms with Crippen molar-refractivity contribution in [3.63, 3.8) is 0 Å². The van der Waals surface area contributed by atoms with Crippen LogP contribution in [0.15, 0.2) is 60.7 Å².